The Morgan fingerprint density at radius 2 is 1.76 bits per heavy atom. The highest BCUT2D eigenvalue weighted by Crippen LogP contribution is 2.03. The summed E-state index contributed by atoms with van der Waals surface area (Å²) in [6, 6.07) is 3.73. The predicted molar refractivity (Wildman–Crippen MR) is 104 cm³/mol. The van der Waals surface area contributed by atoms with Gasteiger partial charge in [0.15, 0.2) is 0 Å². The van der Waals surface area contributed by atoms with Crippen LogP contribution in [0, 0.1) is 0 Å². The first kappa shape index (κ1) is 20.9. The number of ether oxygens (including phenoxy) is 1. The predicted octanol–water partition coefficient (Wildman–Crippen LogP) is 5.93. The molecule has 0 aliphatic heterocycles. The highest BCUT2D eigenvalue weighted by molar-refractivity contribution is 5.69. The minimum atomic E-state index is -0.169. The second-order valence-corrected chi connectivity index (χ2v) is 5.94. The Bertz CT molecular complexity index is 532. The molecule has 0 saturated carbocycles. The van der Waals surface area contributed by atoms with Crippen LogP contribution in [0.5, 0.6) is 0 Å². The molecule has 0 aromatic carbocycles. The molecule has 0 unspecified atom stereocenters. The Kier molecular flexibility index (Phi) is 12.8. The molecule has 1 aromatic heterocycles. The third kappa shape index (κ3) is 12.9. The lowest BCUT2D eigenvalue weighted by molar-refractivity contribution is -0.144. The van der Waals surface area contributed by atoms with E-state index in [1.165, 1.54) is 25.7 Å². The van der Waals surface area contributed by atoms with E-state index in [0.29, 0.717) is 13.0 Å². The van der Waals surface area contributed by atoms with E-state index in [0.717, 1.165) is 24.8 Å². The first-order chi connectivity index (χ1) is 12.3. The molecule has 1 rings (SSSR count). The summed E-state index contributed by atoms with van der Waals surface area (Å²) >= 11 is 0. The van der Waals surface area contributed by atoms with Crippen LogP contribution in [-0.4, -0.2) is 11.0 Å². The van der Waals surface area contributed by atoms with Gasteiger partial charge in [0.2, 0.25) is 0 Å². The minimum absolute atomic E-state index is 0.169. The molecule has 1 heterocycles. The largest absolute Gasteiger partial charge is 0.461 e. The van der Waals surface area contributed by atoms with Gasteiger partial charge in [-0.1, -0.05) is 62.3 Å². The van der Waals surface area contributed by atoms with Crippen LogP contribution in [0.3, 0.4) is 0 Å². The Hall–Kier alpha value is -2.16. The van der Waals surface area contributed by atoms with Gasteiger partial charge in [-0.05, 0) is 38.2 Å². The highest BCUT2D eigenvalue weighted by atomic mass is 16.5. The Balaban J connectivity index is 1.98. The van der Waals surface area contributed by atoms with Gasteiger partial charge in [-0.2, -0.15) is 0 Å². The Labute approximate surface area is 152 Å². The van der Waals surface area contributed by atoms with Gasteiger partial charge in [0, 0.05) is 24.4 Å². The van der Waals surface area contributed by atoms with Crippen LogP contribution >= 0.6 is 0 Å². The van der Waals surface area contributed by atoms with Crippen LogP contribution in [-0.2, 0) is 16.1 Å². The third-order valence-corrected chi connectivity index (χ3v) is 3.66. The SMILES string of the molecule is CCCCC/C=C\C/C=C\C/C=C\CCC(=O)OCc1cccnc1. The van der Waals surface area contributed by atoms with Crippen molar-refractivity contribution in [3.63, 3.8) is 0 Å². The van der Waals surface area contributed by atoms with Crippen LogP contribution in [0.15, 0.2) is 61.0 Å². The van der Waals surface area contributed by atoms with Crippen molar-refractivity contribution in [3.05, 3.63) is 66.5 Å². The highest BCUT2D eigenvalue weighted by Gasteiger charge is 2.01. The van der Waals surface area contributed by atoms with Crippen molar-refractivity contribution < 1.29 is 9.53 Å². The molecule has 1 aromatic rings. The molecule has 0 radical (unpaired) electrons. The number of hydrogen-bond acceptors (Lipinski definition) is 3. The standard InChI is InChI=1S/C22H31NO2/c1-2-3-4-5-6-7-8-9-10-11-12-13-14-17-22(24)25-20-21-16-15-18-23-19-21/h6-7,9-10,12-13,15-16,18-19H,2-5,8,11,14,17,20H2,1H3/b7-6-,10-9-,13-12-. The third-order valence-electron chi connectivity index (χ3n) is 3.66. The monoisotopic (exact) mass is 341 g/mol. The lowest BCUT2D eigenvalue weighted by atomic mass is 10.2. The molecule has 0 fully saturated rings. The normalized spacial score (nSPS) is 11.7. The zero-order chi connectivity index (χ0) is 18.0. The summed E-state index contributed by atoms with van der Waals surface area (Å²) in [5.74, 6) is -0.169. The van der Waals surface area contributed by atoms with Gasteiger partial charge in [0.05, 0.1) is 0 Å². The number of unbranched alkanes of at least 4 members (excludes halogenated alkanes) is 3. The van der Waals surface area contributed by atoms with E-state index in [4.69, 9.17) is 4.74 Å². The van der Waals surface area contributed by atoms with Crippen molar-refractivity contribution in [2.75, 3.05) is 0 Å². The number of rotatable bonds is 13. The lowest BCUT2D eigenvalue weighted by Gasteiger charge is -2.03. The molecule has 3 heteroatoms. The molecule has 0 aliphatic carbocycles. The number of pyridine rings is 1. The van der Waals surface area contributed by atoms with Crippen LogP contribution in [0.1, 0.15) is 63.9 Å². The van der Waals surface area contributed by atoms with Gasteiger partial charge in [-0.3, -0.25) is 9.78 Å². The van der Waals surface area contributed by atoms with Gasteiger partial charge < -0.3 is 4.74 Å². The minimum Gasteiger partial charge on any atom is -0.461 e. The van der Waals surface area contributed by atoms with Crippen molar-refractivity contribution in [1.29, 1.82) is 0 Å². The fraction of sp³-hybridized carbons (Fsp3) is 0.455. The van der Waals surface area contributed by atoms with Crippen molar-refractivity contribution >= 4 is 5.97 Å². The maximum atomic E-state index is 11.6. The van der Waals surface area contributed by atoms with Crippen LogP contribution in [0.4, 0.5) is 0 Å². The number of allylic oxidation sites excluding steroid dienone is 6. The van der Waals surface area contributed by atoms with Crippen LogP contribution in [0.25, 0.3) is 0 Å². The summed E-state index contributed by atoms with van der Waals surface area (Å²) in [6.45, 7) is 2.52. The number of carbonyl (C=O) groups is 1. The zero-order valence-electron chi connectivity index (χ0n) is 15.4. The Morgan fingerprint density at radius 1 is 1.04 bits per heavy atom. The van der Waals surface area contributed by atoms with Crippen LogP contribution < -0.4 is 0 Å². The molecule has 0 amide bonds. The molecular formula is C22H31NO2. The summed E-state index contributed by atoms with van der Waals surface area (Å²) in [6.07, 6.45) is 24.5. The molecule has 0 spiro atoms. The van der Waals surface area contributed by atoms with E-state index >= 15 is 0 Å². The van der Waals surface area contributed by atoms with Gasteiger partial charge in [0.25, 0.3) is 0 Å². The summed E-state index contributed by atoms with van der Waals surface area (Å²) in [7, 11) is 0. The van der Waals surface area contributed by atoms with Gasteiger partial charge in [-0.15, -0.1) is 0 Å². The number of aromatic nitrogens is 1. The number of carbonyl (C=O) groups excluding carboxylic acids is 1. The van der Waals surface area contributed by atoms with E-state index in [1.54, 1.807) is 12.4 Å². The zero-order valence-corrected chi connectivity index (χ0v) is 15.4. The van der Waals surface area contributed by atoms with Gasteiger partial charge in [-0.25, -0.2) is 0 Å². The van der Waals surface area contributed by atoms with Crippen molar-refractivity contribution in [3.8, 4) is 0 Å². The number of hydrogen-bond donors (Lipinski definition) is 0. The molecule has 25 heavy (non-hydrogen) atoms. The van der Waals surface area contributed by atoms with Gasteiger partial charge >= 0.3 is 5.97 Å². The summed E-state index contributed by atoms with van der Waals surface area (Å²) in [4.78, 5) is 15.6. The second-order valence-electron chi connectivity index (χ2n) is 5.94. The quantitative estimate of drug-likeness (QED) is 0.253. The molecule has 3 nitrogen and oxygen atoms in total. The molecule has 0 N–H and O–H groups in total. The fourth-order valence-electron chi connectivity index (χ4n) is 2.21. The number of nitrogens with zero attached hydrogens (tertiary/aromatic N) is 1. The van der Waals surface area contributed by atoms with E-state index in [9.17, 15) is 4.79 Å². The smallest absolute Gasteiger partial charge is 0.306 e. The summed E-state index contributed by atoms with van der Waals surface area (Å²) < 4.78 is 5.20. The van der Waals surface area contributed by atoms with Crippen molar-refractivity contribution in [2.24, 2.45) is 0 Å². The molecular weight excluding hydrogens is 310 g/mol. The van der Waals surface area contributed by atoms with E-state index < -0.39 is 0 Å². The van der Waals surface area contributed by atoms with E-state index in [2.05, 4.69) is 42.3 Å². The Morgan fingerprint density at radius 3 is 2.44 bits per heavy atom. The molecule has 0 saturated heterocycles. The maximum Gasteiger partial charge on any atom is 0.306 e. The summed E-state index contributed by atoms with van der Waals surface area (Å²) in [5.41, 5.74) is 0.913. The topological polar surface area (TPSA) is 39.2 Å². The van der Waals surface area contributed by atoms with Crippen molar-refractivity contribution in [2.45, 2.75) is 64.9 Å². The molecule has 0 aliphatic rings. The first-order valence-corrected chi connectivity index (χ1v) is 9.32. The molecule has 0 bridgehead atoms. The number of esters is 1. The van der Waals surface area contributed by atoms with Crippen molar-refractivity contribution in [1.82, 2.24) is 4.98 Å². The first-order valence-electron chi connectivity index (χ1n) is 9.32. The maximum absolute atomic E-state index is 11.6. The average molecular weight is 341 g/mol. The fourth-order valence-corrected chi connectivity index (χ4v) is 2.21. The van der Waals surface area contributed by atoms with E-state index in [1.807, 2.05) is 18.2 Å². The average Bonchev–Trinajstić information content (AvgIpc) is 2.64. The summed E-state index contributed by atoms with van der Waals surface area (Å²) in [5, 5.41) is 0. The van der Waals surface area contributed by atoms with E-state index in [-0.39, 0.29) is 5.97 Å². The van der Waals surface area contributed by atoms with Gasteiger partial charge in [0.1, 0.15) is 6.61 Å². The second kappa shape index (κ2) is 15.4. The lowest BCUT2D eigenvalue weighted by Crippen LogP contribution is -2.03. The molecule has 0 atom stereocenters. The molecule has 136 valence electrons. The van der Waals surface area contributed by atoms with Crippen LogP contribution in [0.2, 0.25) is 0 Å².